The van der Waals surface area contributed by atoms with E-state index in [1.54, 1.807) is 11.3 Å². The van der Waals surface area contributed by atoms with Crippen LogP contribution in [0.5, 0.6) is 0 Å². The average Bonchev–Trinajstić information content (AvgIpc) is 2.96. The zero-order valence-corrected chi connectivity index (χ0v) is 11.6. The zero-order valence-electron chi connectivity index (χ0n) is 10.0. The van der Waals surface area contributed by atoms with Crippen LogP contribution in [0.4, 0.5) is 0 Å². The molecule has 4 nitrogen and oxygen atoms in total. The summed E-state index contributed by atoms with van der Waals surface area (Å²) >= 11 is 7.78. The van der Waals surface area contributed by atoms with Crippen molar-refractivity contribution in [3.05, 3.63) is 44.8 Å². The summed E-state index contributed by atoms with van der Waals surface area (Å²) in [5.74, 6) is 0.897. The van der Waals surface area contributed by atoms with Gasteiger partial charge in [0.25, 0.3) is 0 Å². The van der Waals surface area contributed by atoms with Crippen LogP contribution >= 0.6 is 22.9 Å². The van der Waals surface area contributed by atoms with E-state index in [-0.39, 0.29) is 0 Å². The van der Waals surface area contributed by atoms with E-state index in [1.807, 2.05) is 18.2 Å². The van der Waals surface area contributed by atoms with Gasteiger partial charge in [-0.15, -0.1) is 10.2 Å². The molecule has 0 amide bonds. The molecule has 0 aliphatic rings. The monoisotopic (exact) mass is 278 g/mol. The Morgan fingerprint density at radius 2 is 2.17 bits per heavy atom. The Hall–Kier alpha value is -1.46. The molecule has 6 heteroatoms. The number of thiophene rings is 1. The Bertz CT molecular complexity index is 703. The molecule has 3 aromatic rings. The topological polar surface area (TPSA) is 43.1 Å². The number of hydrogen-bond acceptors (Lipinski definition) is 4. The fourth-order valence-corrected chi connectivity index (χ4v) is 2.85. The molecule has 0 atom stereocenters. The Kier molecular flexibility index (Phi) is 2.80. The lowest BCUT2D eigenvalue weighted by Crippen LogP contribution is -2.03. The molecule has 3 rings (SSSR count). The van der Waals surface area contributed by atoms with Crippen LogP contribution in [0.15, 0.2) is 16.8 Å². The van der Waals surface area contributed by atoms with E-state index in [9.17, 15) is 0 Å². The largest absolute Gasteiger partial charge is 0.279 e. The van der Waals surface area contributed by atoms with E-state index in [0.717, 1.165) is 23.6 Å². The van der Waals surface area contributed by atoms with Crippen molar-refractivity contribution in [1.82, 2.24) is 19.6 Å². The predicted octanol–water partition coefficient (Wildman–Crippen LogP) is 3.05. The zero-order chi connectivity index (χ0) is 12.7. The molecule has 92 valence electrons. The first kappa shape index (κ1) is 11.6. The molecule has 0 fully saturated rings. The lowest BCUT2D eigenvalue weighted by molar-refractivity contribution is 0.898. The first-order valence-corrected chi connectivity index (χ1v) is 6.86. The van der Waals surface area contributed by atoms with Crippen molar-refractivity contribution in [2.75, 3.05) is 0 Å². The van der Waals surface area contributed by atoms with E-state index in [1.165, 1.54) is 5.56 Å². The summed E-state index contributed by atoms with van der Waals surface area (Å²) in [5.41, 5.74) is 3.80. The lowest BCUT2D eigenvalue weighted by Gasteiger charge is -2.06. The maximum absolute atomic E-state index is 6.10. The van der Waals surface area contributed by atoms with E-state index in [4.69, 9.17) is 11.6 Å². The number of hydrogen-bond donors (Lipinski definition) is 0. The maximum Gasteiger partial charge on any atom is 0.198 e. The molecule has 3 heterocycles. The molecule has 18 heavy (non-hydrogen) atoms. The number of halogens is 1. The molecule has 0 unspecified atom stereocenters. The van der Waals surface area contributed by atoms with E-state index < -0.39 is 0 Å². The van der Waals surface area contributed by atoms with Gasteiger partial charge in [0, 0.05) is 12.1 Å². The summed E-state index contributed by atoms with van der Waals surface area (Å²) in [6.45, 7) is 3.95. The summed E-state index contributed by atoms with van der Waals surface area (Å²) in [6, 6.07) is 2.09. The number of fused-ring (bicyclic) bond motifs is 1. The molecule has 0 radical (unpaired) electrons. The second-order valence-corrected chi connectivity index (χ2v) is 5.30. The molecular formula is C12H11ClN4S. The molecular weight excluding hydrogens is 268 g/mol. The first-order chi connectivity index (χ1) is 8.66. The molecule has 0 aromatic carbocycles. The fraction of sp³-hybridized carbons (Fsp3) is 0.250. The van der Waals surface area contributed by atoms with Crippen molar-refractivity contribution in [2.45, 2.75) is 20.3 Å². The molecule has 0 N–H and O–H groups in total. The summed E-state index contributed by atoms with van der Waals surface area (Å²) in [7, 11) is 0. The van der Waals surface area contributed by atoms with Crippen molar-refractivity contribution in [3.63, 3.8) is 0 Å². The molecule has 0 bridgehead atoms. The second-order valence-electron chi connectivity index (χ2n) is 4.16. The van der Waals surface area contributed by atoms with Gasteiger partial charge in [-0.3, -0.25) is 4.40 Å². The third kappa shape index (κ3) is 1.79. The Labute approximate surface area is 113 Å². The van der Waals surface area contributed by atoms with Gasteiger partial charge in [0.2, 0.25) is 0 Å². The third-order valence-corrected chi connectivity index (χ3v) is 3.97. The third-order valence-electron chi connectivity index (χ3n) is 2.98. The maximum atomic E-state index is 6.10. The van der Waals surface area contributed by atoms with Crippen LogP contribution in [0, 0.1) is 13.8 Å². The summed E-state index contributed by atoms with van der Waals surface area (Å²) in [6.07, 6.45) is 0.755. The highest BCUT2D eigenvalue weighted by Gasteiger charge is 2.14. The van der Waals surface area contributed by atoms with Gasteiger partial charge in [-0.1, -0.05) is 11.6 Å². The minimum atomic E-state index is 0.405. The number of rotatable bonds is 2. The normalized spacial score (nSPS) is 11.3. The minimum absolute atomic E-state index is 0.405. The van der Waals surface area contributed by atoms with Crippen LogP contribution in [0.1, 0.15) is 22.8 Å². The number of nitrogens with zero attached hydrogens (tertiary/aromatic N) is 4. The van der Waals surface area contributed by atoms with Gasteiger partial charge in [-0.2, -0.15) is 11.3 Å². The highest BCUT2D eigenvalue weighted by Crippen LogP contribution is 2.20. The molecule has 3 aromatic heterocycles. The highest BCUT2D eigenvalue weighted by atomic mass is 35.5. The average molecular weight is 279 g/mol. The molecule has 0 saturated carbocycles. The van der Waals surface area contributed by atoms with Crippen molar-refractivity contribution >= 4 is 28.6 Å². The van der Waals surface area contributed by atoms with E-state index in [0.29, 0.717) is 10.8 Å². The van der Waals surface area contributed by atoms with Gasteiger partial charge >= 0.3 is 0 Å². The van der Waals surface area contributed by atoms with E-state index >= 15 is 0 Å². The summed E-state index contributed by atoms with van der Waals surface area (Å²) in [5, 5.41) is 12.9. The highest BCUT2D eigenvalue weighted by molar-refractivity contribution is 7.07. The fourth-order valence-electron chi connectivity index (χ4n) is 1.93. The van der Waals surface area contributed by atoms with Crippen LogP contribution in [-0.4, -0.2) is 19.6 Å². The van der Waals surface area contributed by atoms with Crippen LogP contribution < -0.4 is 0 Å². The van der Waals surface area contributed by atoms with Crippen molar-refractivity contribution in [1.29, 1.82) is 0 Å². The Morgan fingerprint density at radius 3 is 2.89 bits per heavy atom. The predicted molar refractivity (Wildman–Crippen MR) is 72.4 cm³/mol. The van der Waals surface area contributed by atoms with Crippen LogP contribution in [0.3, 0.4) is 0 Å². The van der Waals surface area contributed by atoms with E-state index in [2.05, 4.69) is 32.0 Å². The van der Waals surface area contributed by atoms with Gasteiger partial charge in [-0.05, 0) is 36.2 Å². The smallest absolute Gasteiger partial charge is 0.198 e. The molecule has 0 saturated heterocycles. The van der Waals surface area contributed by atoms with Crippen molar-refractivity contribution < 1.29 is 0 Å². The van der Waals surface area contributed by atoms with Gasteiger partial charge in [0.1, 0.15) is 5.82 Å². The SMILES string of the molecule is Cc1nc(Cl)c2nnc(Cc3ccsc3)n2c1C. The second kappa shape index (κ2) is 4.33. The summed E-state index contributed by atoms with van der Waals surface area (Å²) < 4.78 is 1.99. The molecule has 0 aliphatic carbocycles. The summed E-state index contributed by atoms with van der Waals surface area (Å²) in [4.78, 5) is 4.26. The molecule has 0 spiro atoms. The van der Waals surface area contributed by atoms with Crippen molar-refractivity contribution in [3.8, 4) is 0 Å². The van der Waals surface area contributed by atoms with Crippen LogP contribution in [-0.2, 0) is 6.42 Å². The Balaban J connectivity index is 2.19. The Morgan fingerprint density at radius 1 is 1.33 bits per heavy atom. The van der Waals surface area contributed by atoms with Gasteiger partial charge in [0.15, 0.2) is 10.8 Å². The number of aromatic nitrogens is 4. The number of aryl methyl sites for hydroxylation is 2. The molecule has 0 aliphatic heterocycles. The van der Waals surface area contributed by atoms with Gasteiger partial charge < -0.3 is 0 Å². The standard InChI is InChI=1S/C12H11ClN4S/c1-7-8(2)17-10(5-9-3-4-18-6-9)15-16-12(17)11(13)14-7/h3-4,6H,5H2,1-2H3. The first-order valence-electron chi connectivity index (χ1n) is 5.54. The minimum Gasteiger partial charge on any atom is -0.279 e. The van der Waals surface area contributed by atoms with Crippen molar-refractivity contribution in [2.24, 2.45) is 0 Å². The van der Waals surface area contributed by atoms with Gasteiger partial charge in [-0.25, -0.2) is 4.98 Å². The lowest BCUT2D eigenvalue weighted by atomic mass is 10.2. The van der Waals surface area contributed by atoms with Crippen LogP contribution in [0.25, 0.3) is 5.65 Å². The van der Waals surface area contributed by atoms with Gasteiger partial charge in [0.05, 0.1) is 5.69 Å². The van der Waals surface area contributed by atoms with Crippen LogP contribution in [0.2, 0.25) is 5.15 Å². The quantitative estimate of drug-likeness (QED) is 0.724.